The van der Waals surface area contributed by atoms with Crippen molar-refractivity contribution in [3.63, 3.8) is 0 Å². The van der Waals surface area contributed by atoms with E-state index in [2.05, 4.69) is 31.9 Å². The number of hydrogen-bond acceptors (Lipinski definition) is 5. The van der Waals surface area contributed by atoms with Gasteiger partial charge >= 0.3 is 0 Å². The molecule has 0 saturated carbocycles. The molecule has 3 aromatic heterocycles. The van der Waals surface area contributed by atoms with Crippen molar-refractivity contribution in [3.8, 4) is 11.8 Å². The zero-order valence-electron chi connectivity index (χ0n) is 14.5. The topological polar surface area (TPSA) is 78.5 Å². The molecule has 7 nitrogen and oxygen atoms in total. The Balaban J connectivity index is 1.79. The number of aromatic nitrogens is 6. The molecule has 0 amide bonds. The van der Waals surface area contributed by atoms with Crippen LogP contribution in [0, 0.1) is 18.8 Å². The van der Waals surface area contributed by atoms with Crippen LogP contribution >= 0.6 is 0 Å². The Hall–Kier alpha value is -3.53. The molecule has 4 rings (SSSR count). The van der Waals surface area contributed by atoms with Gasteiger partial charge < -0.3 is 4.57 Å². The van der Waals surface area contributed by atoms with Gasteiger partial charge in [-0.3, -0.25) is 4.79 Å². The molecule has 0 aliphatic carbocycles. The molecule has 0 spiro atoms. The van der Waals surface area contributed by atoms with Gasteiger partial charge in [0.05, 0.1) is 24.6 Å². The van der Waals surface area contributed by atoms with Crippen LogP contribution in [0.1, 0.15) is 18.4 Å². The molecule has 0 aliphatic rings. The zero-order chi connectivity index (χ0) is 18.1. The molecule has 26 heavy (non-hydrogen) atoms. The first-order valence-electron chi connectivity index (χ1n) is 8.20. The number of fused-ring (bicyclic) bond motifs is 2. The molecule has 0 N–H and O–H groups in total. The Labute approximate surface area is 149 Å². The van der Waals surface area contributed by atoms with Crippen molar-refractivity contribution >= 4 is 21.9 Å². The van der Waals surface area contributed by atoms with E-state index in [4.69, 9.17) is 0 Å². The van der Waals surface area contributed by atoms with Crippen LogP contribution in [0.4, 0.5) is 0 Å². The van der Waals surface area contributed by atoms with Crippen LogP contribution in [-0.4, -0.2) is 29.3 Å². The van der Waals surface area contributed by atoms with Gasteiger partial charge in [-0.05, 0) is 19.9 Å². The maximum atomic E-state index is 12.9. The largest absolute Gasteiger partial charge is 0.314 e. The van der Waals surface area contributed by atoms with Crippen molar-refractivity contribution < 1.29 is 0 Å². The maximum Gasteiger partial charge on any atom is 0.293 e. The van der Waals surface area contributed by atoms with Gasteiger partial charge in [0, 0.05) is 11.1 Å². The molecule has 0 fully saturated rings. The molecule has 0 bridgehead atoms. The molecule has 3 heterocycles. The minimum absolute atomic E-state index is 0.199. The van der Waals surface area contributed by atoms with E-state index in [1.54, 1.807) is 24.0 Å². The normalized spacial score (nSPS) is 10.8. The number of nitrogens with zero attached hydrogens (tertiary/aromatic N) is 6. The van der Waals surface area contributed by atoms with Crippen LogP contribution in [0.3, 0.4) is 0 Å². The summed E-state index contributed by atoms with van der Waals surface area (Å²) in [5.41, 5.74) is 2.54. The lowest BCUT2D eigenvalue weighted by Crippen LogP contribution is -2.25. The van der Waals surface area contributed by atoms with Gasteiger partial charge in [0.1, 0.15) is 17.6 Å². The van der Waals surface area contributed by atoms with Gasteiger partial charge in [-0.1, -0.05) is 24.1 Å². The van der Waals surface area contributed by atoms with E-state index >= 15 is 0 Å². The first-order valence-corrected chi connectivity index (χ1v) is 8.20. The Morgan fingerprint density at radius 3 is 2.85 bits per heavy atom. The van der Waals surface area contributed by atoms with E-state index in [-0.39, 0.29) is 12.1 Å². The van der Waals surface area contributed by atoms with E-state index < -0.39 is 0 Å². The molecular formula is C19H16N6O. The molecule has 1 aromatic carbocycles. The smallest absolute Gasteiger partial charge is 0.293 e. The molecule has 0 unspecified atom stereocenters. The number of benzene rings is 1. The molecule has 0 aliphatic heterocycles. The van der Waals surface area contributed by atoms with Crippen LogP contribution < -0.4 is 5.56 Å². The van der Waals surface area contributed by atoms with E-state index in [1.165, 1.54) is 4.68 Å². The minimum Gasteiger partial charge on any atom is -0.314 e. The summed E-state index contributed by atoms with van der Waals surface area (Å²) < 4.78 is 3.10. The lowest BCUT2D eigenvalue weighted by Gasteiger charge is -2.07. The van der Waals surface area contributed by atoms with Crippen molar-refractivity contribution in [1.82, 2.24) is 29.3 Å². The Bertz CT molecular complexity index is 1240. The highest BCUT2D eigenvalue weighted by Gasteiger charge is 2.12. The third kappa shape index (κ3) is 2.71. The van der Waals surface area contributed by atoms with E-state index in [0.29, 0.717) is 23.4 Å². The van der Waals surface area contributed by atoms with Gasteiger partial charge in [0.25, 0.3) is 5.56 Å². The van der Waals surface area contributed by atoms with Gasteiger partial charge in [0.15, 0.2) is 5.82 Å². The lowest BCUT2D eigenvalue weighted by atomic mass is 10.2. The molecular weight excluding hydrogens is 328 g/mol. The van der Waals surface area contributed by atoms with Crippen molar-refractivity contribution in [2.45, 2.75) is 26.9 Å². The summed E-state index contributed by atoms with van der Waals surface area (Å²) in [4.78, 5) is 26.2. The molecule has 128 valence electrons. The number of aryl methyl sites for hydroxylation is 1. The molecule has 0 atom stereocenters. The fraction of sp³-hybridized carbons (Fsp3) is 0.211. The first-order chi connectivity index (χ1) is 12.7. The van der Waals surface area contributed by atoms with Crippen molar-refractivity contribution in [3.05, 3.63) is 58.7 Å². The van der Waals surface area contributed by atoms with Crippen LogP contribution in [0.25, 0.3) is 21.9 Å². The summed E-state index contributed by atoms with van der Waals surface area (Å²) >= 11 is 0. The highest BCUT2D eigenvalue weighted by atomic mass is 16.1. The van der Waals surface area contributed by atoms with Gasteiger partial charge in [-0.2, -0.15) is 5.10 Å². The van der Waals surface area contributed by atoms with E-state index in [9.17, 15) is 4.79 Å². The monoisotopic (exact) mass is 344 g/mol. The quantitative estimate of drug-likeness (QED) is 0.531. The fourth-order valence-electron chi connectivity index (χ4n) is 2.92. The highest BCUT2D eigenvalue weighted by molar-refractivity contribution is 5.80. The van der Waals surface area contributed by atoms with Crippen LogP contribution in [-0.2, 0) is 13.1 Å². The van der Waals surface area contributed by atoms with Gasteiger partial charge in [0.2, 0.25) is 0 Å². The van der Waals surface area contributed by atoms with Crippen LogP contribution in [0.5, 0.6) is 0 Å². The predicted octanol–water partition coefficient (Wildman–Crippen LogP) is 1.92. The Kier molecular flexibility index (Phi) is 3.93. The van der Waals surface area contributed by atoms with Crippen LogP contribution in [0.2, 0.25) is 0 Å². The summed E-state index contributed by atoms with van der Waals surface area (Å²) in [5, 5.41) is 5.22. The van der Waals surface area contributed by atoms with Crippen LogP contribution in [0.15, 0.2) is 41.6 Å². The number of para-hydroxylation sites is 1. The minimum atomic E-state index is -0.229. The predicted molar refractivity (Wildman–Crippen MR) is 98.6 cm³/mol. The standard InChI is InChI=1S/C19H16N6O/c1-3-4-9-24-12-20-16-10-21-25(19(26)18(16)24)11-17-22-13(2)14-7-5-6-8-15(14)23-17/h5-8,10,12H,9,11H2,1-2H3. The summed E-state index contributed by atoms with van der Waals surface area (Å²) in [7, 11) is 0. The fourth-order valence-corrected chi connectivity index (χ4v) is 2.92. The Morgan fingerprint density at radius 2 is 2.00 bits per heavy atom. The van der Waals surface area contributed by atoms with Crippen molar-refractivity contribution in [1.29, 1.82) is 0 Å². The van der Waals surface area contributed by atoms with E-state index in [0.717, 1.165) is 16.6 Å². The molecule has 0 radical (unpaired) electrons. The molecule has 4 aromatic rings. The third-order valence-electron chi connectivity index (χ3n) is 4.18. The maximum absolute atomic E-state index is 12.9. The van der Waals surface area contributed by atoms with Gasteiger partial charge in [-0.15, -0.1) is 5.92 Å². The van der Waals surface area contributed by atoms with Gasteiger partial charge in [-0.25, -0.2) is 19.6 Å². The van der Waals surface area contributed by atoms with E-state index in [1.807, 2.05) is 31.2 Å². The lowest BCUT2D eigenvalue weighted by molar-refractivity contribution is 0.618. The SMILES string of the molecule is CC#CCn1cnc2cnn(Cc3nc(C)c4ccccc4n3)c(=O)c21. The second-order valence-electron chi connectivity index (χ2n) is 5.88. The second-order valence-corrected chi connectivity index (χ2v) is 5.88. The molecule has 7 heteroatoms. The summed E-state index contributed by atoms with van der Waals surface area (Å²) in [6, 6.07) is 7.81. The number of hydrogen-bond donors (Lipinski definition) is 0. The summed E-state index contributed by atoms with van der Waals surface area (Å²) in [6.07, 6.45) is 3.19. The van der Waals surface area contributed by atoms with Crippen molar-refractivity contribution in [2.75, 3.05) is 0 Å². The third-order valence-corrected chi connectivity index (χ3v) is 4.18. The number of rotatable bonds is 3. The average Bonchev–Trinajstić information content (AvgIpc) is 3.06. The first kappa shape index (κ1) is 16.0. The van der Waals surface area contributed by atoms with Crippen molar-refractivity contribution in [2.24, 2.45) is 0 Å². The number of imidazole rings is 1. The summed E-state index contributed by atoms with van der Waals surface area (Å²) in [5.74, 6) is 6.32. The zero-order valence-corrected chi connectivity index (χ0v) is 14.5. The highest BCUT2D eigenvalue weighted by Crippen LogP contribution is 2.15. The Morgan fingerprint density at radius 1 is 1.15 bits per heavy atom. The second kappa shape index (κ2) is 6.41. The molecule has 0 saturated heterocycles. The average molecular weight is 344 g/mol. The summed E-state index contributed by atoms with van der Waals surface area (Å²) in [6.45, 7) is 4.31.